The number of carbonyl (C=O) groups is 2. The van der Waals surface area contributed by atoms with Crippen molar-refractivity contribution in [2.45, 2.75) is 13.8 Å². The lowest BCUT2D eigenvalue weighted by molar-refractivity contribution is -0.144. The van der Waals surface area contributed by atoms with Crippen LogP contribution in [0.2, 0.25) is 0 Å². The molecule has 0 aliphatic heterocycles. The largest absolute Gasteiger partial charge is 0.479 e. The van der Waals surface area contributed by atoms with Crippen LogP contribution in [0.4, 0.5) is 0 Å². The predicted molar refractivity (Wildman–Crippen MR) is 60.0 cm³/mol. The van der Waals surface area contributed by atoms with E-state index in [1.165, 1.54) is 7.05 Å². The normalized spacial score (nSPS) is 10.2. The van der Waals surface area contributed by atoms with E-state index in [1.807, 2.05) is 5.48 Å². The highest BCUT2D eigenvalue weighted by Gasteiger charge is 2.18. The van der Waals surface area contributed by atoms with Crippen molar-refractivity contribution in [2.75, 3.05) is 6.61 Å². The fourth-order valence-electron chi connectivity index (χ4n) is 1.33. The van der Waals surface area contributed by atoms with E-state index in [0.29, 0.717) is 11.3 Å². The highest BCUT2D eigenvalue weighted by Crippen LogP contribution is 2.05. The fraction of sp³-hybridized carbons (Fsp3) is 0.400. The highest BCUT2D eigenvalue weighted by atomic mass is 16.7. The molecule has 0 saturated carbocycles. The summed E-state index contributed by atoms with van der Waals surface area (Å²) in [5.74, 6) is -2.02. The molecule has 0 spiro atoms. The van der Waals surface area contributed by atoms with E-state index < -0.39 is 24.0 Å². The molecule has 0 bridgehead atoms. The summed E-state index contributed by atoms with van der Waals surface area (Å²) in [4.78, 5) is 38.1. The average Bonchev–Trinajstić information content (AvgIpc) is 2.26. The van der Waals surface area contributed by atoms with Gasteiger partial charge >= 0.3 is 5.97 Å². The zero-order chi connectivity index (χ0) is 13.9. The summed E-state index contributed by atoms with van der Waals surface area (Å²) in [5, 5.41) is 12.3. The minimum Gasteiger partial charge on any atom is -0.479 e. The molecule has 0 saturated heterocycles. The van der Waals surface area contributed by atoms with Gasteiger partial charge in [-0.1, -0.05) is 0 Å². The van der Waals surface area contributed by atoms with Crippen molar-refractivity contribution >= 4 is 11.9 Å². The summed E-state index contributed by atoms with van der Waals surface area (Å²) in [7, 11) is 1.42. The Labute approximate surface area is 102 Å². The Hall–Kier alpha value is -2.22. The molecule has 1 amide bonds. The first-order valence-corrected chi connectivity index (χ1v) is 5.03. The standard InChI is InChI=1S/C10H13N3O5/c1-5-6(2)11-13(3)10(17)8(5)9(16)12-18-4-7(14)15/h4H2,1-3H3,(H,12,16)(H,14,15). The molecular weight excluding hydrogens is 242 g/mol. The summed E-state index contributed by atoms with van der Waals surface area (Å²) in [6, 6.07) is 0. The van der Waals surface area contributed by atoms with E-state index in [-0.39, 0.29) is 5.56 Å². The molecule has 0 unspecified atom stereocenters. The van der Waals surface area contributed by atoms with Gasteiger partial charge in [0, 0.05) is 7.05 Å². The van der Waals surface area contributed by atoms with E-state index in [9.17, 15) is 14.4 Å². The number of hydrogen-bond acceptors (Lipinski definition) is 5. The molecule has 0 aromatic carbocycles. The molecule has 8 nitrogen and oxygen atoms in total. The molecule has 0 fully saturated rings. The number of aliphatic carboxylic acids is 1. The third-order valence-electron chi connectivity index (χ3n) is 2.31. The summed E-state index contributed by atoms with van der Waals surface area (Å²) in [5.41, 5.74) is 2.17. The second-order valence-electron chi connectivity index (χ2n) is 3.63. The Morgan fingerprint density at radius 2 is 2.06 bits per heavy atom. The number of amides is 1. The molecule has 2 N–H and O–H groups in total. The summed E-state index contributed by atoms with van der Waals surface area (Å²) in [6.45, 7) is 2.55. The van der Waals surface area contributed by atoms with Gasteiger partial charge < -0.3 is 5.11 Å². The number of aromatic nitrogens is 2. The van der Waals surface area contributed by atoms with Gasteiger partial charge in [0.05, 0.1) is 5.69 Å². The van der Waals surface area contributed by atoms with Gasteiger partial charge in [0.15, 0.2) is 6.61 Å². The Morgan fingerprint density at radius 1 is 1.44 bits per heavy atom. The lowest BCUT2D eigenvalue weighted by atomic mass is 10.1. The molecule has 1 aromatic heterocycles. The number of aryl methyl sites for hydroxylation is 2. The average molecular weight is 255 g/mol. The van der Waals surface area contributed by atoms with Crippen LogP contribution in [-0.2, 0) is 16.7 Å². The minimum absolute atomic E-state index is 0.115. The first-order valence-electron chi connectivity index (χ1n) is 5.03. The molecule has 0 radical (unpaired) electrons. The quantitative estimate of drug-likeness (QED) is 0.677. The van der Waals surface area contributed by atoms with Crippen molar-refractivity contribution in [3.8, 4) is 0 Å². The van der Waals surface area contributed by atoms with Crippen LogP contribution in [0.3, 0.4) is 0 Å². The molecule has 1 rings (SSSR count). The van der Waals surface area contributed by atoms with Crippen LogP contribution in [0.5, 0.6) is 0 Å². The third kappa shape index (κ3) is 2.92. The highest BCUT2D eigenvalue weighted by molar-refractivity contribution is 5.94. The minimum atomic E-state index is -1.23. The summed E-state index contributed by atoms with van der Waals surface area (Å²) < 4.78 is 1.04. The number of rotatable bonds is 4. The van der Waals surface area contributed by atoms with Crippen molar-refractivity contribution in [2.24, 2.45) is 7.05 Å². The maximum Gasteiger partial charge on any atom is 0.332 e. The van der Waals surface area contributed by atoms with Crippen LogP contribution < -0.4 is 11.0 Å². The Morgan fingerprint density at radius 3 is 2.61 bits per heavy atom. The molecule has 0 aliphatic rings. The molecular formula is C10H13N3O5. The smallest absolute Gasteiger partial charge is 0.332 e. The van der Waals surface area contributed by atoms with Gasteiger partial charge in [0.1, 0.15) is 5.56 Å². The van der Waals surface area contributed by atoms with Gasteiger partial charge in [-0.15, -0.1) is 0 Å². The van der Waals surface area contributed by atoms with Crippen LogP contribution in [-0.4, -0.2) is 33.4 Å². The van der Waals surface area contributed by atoms with Crippen LogP contribution in [0.25, 0.3) is 0 Å². The van der Waals surface area contributed by atoms with Gasteiger partial charge in [-0.2, -0.15) is 5.10 Å². The topological polar surface area (TPSA) is 111 Å². The van der Waals surface area contributed by atoms with Crippen molar-refractivity contribution in [3.05, 3.63) is 27.2 Å². The van der Waals surface area contributed by atoms with Gasteiger partial charge in [-0.05, 0) is 19.4 Å². The van der Waals surface area contributed by atoms with Gasteiger partial charge in [-0.3, -0.25) is 14.4 Å². The van der Waals surface area contributed by atoms with Crippen molar-refractivity contribution in [1.82, 2.24) is 15.3 Å². The monoisotopic (exact) mass is 255 g/mol. The maximum absolute atomic E-state index is 11.7. The van der Waals surface area contributed by atoms with E-state index in [2.05, 4.69) is 9.94 Å². The number of nitrogens with zero attached hydrogens (tertiary/aromatic N) is 2. The van der Waals surface area contributed by atoms with Crippen LogP contribution >= 0.6 is 0 Å². The van der Waals surface area contributed by atoms with Gasteiger partial charge in [0.25, 0.3) is 11.5 Å². The number of hydrogen-bond donors (Lipinski definition) is 2. The van der Waals surface area contributed by atoms with E-state index in [0.717, 1.165) is 4.68 Å². The zero-order valence-electron chi connectivity index (χ0n) is 10.2. The first-order chi connectivity index (χ1) is 8.34. The lowest BCUT2D eigenvalue weighted by Gasteiger charge is -2.09. The Kier molecular flexibility index (Phi) is 4.16. The molecule has 0 aliphatic carbocycles. The molecule has 98 valence electrons. The number of carboxylic acid groups (broad SMARTS) is 1. The third-order valence-corrected chi connectivity index (χ3v) is 2.31. The van der Waals surface area contributed by atoms with Crippen molar-refractivity contribution in [3.63, 3.8) is 0 Å². The number of nitrogens with one attached hydrogen (secondary N) is 1. The van der Waals surface area contributed by atoms with Crippen LogP contribution in [0, 0.1) is 13.8 Å². The van der Waals surface area contributed by atoms with Crippen LogP contribution in [0.15, 0.2) is 4.79 Å². The zero-order valence-corrected chi connectivity index (χ0v) is 10.2. The summed E-state index contributed by atoms with van der Waals surface area (Å²) in [6.07, 6.45) is 0. The maximum atomic E-state index is 11.7. The van der Waals surface area contributed by atoms with E-state index in [1.54, 1.807) is 13.8 Å². The molecule has 0 atom stereocenters. The van der Waals surface area contributed by atoms with E-state index in [4.69, 9.17) is 5.11 Å². The lowest BCUT2D eigenvalue weighted by Crippen LogP contribution is -2.35. The Bertz CT molecular complexity index is 549. The predicted octanol–water partition coefficient (Wildman–Crippen LogP) is -0.857. The number of carboxylic acids is 1. The van der Waals surface area contributed by atoms with E-state index >= 15 is 0 Å². The van der Waals surface area contributed by atoms with Crippen molar-refractivity contribution < 1.29 is 19.5 Å². The molecule has 8 heteroatoms. The summed E-state index contributed by atoms with van der Waals surface area (Å²) >= 11 is 0. The molecule has 1 heterocycles. The number of carbonyl (C=O) groups excluding carboxylic acids is 1. The van der Waals surface area contributed by atoms with Crippen molar-refractivity contribution in [1.29, 1.82) is 0 Å². The second-order valence-corrected chi connectivity index (χ2v) is 3.63. The Balaban J connectivity index is 2.99. The second kappa shape index (κ2) is 5.41. The SMILES string of the molecule is Cc1nn(C)c(=O)c(C(=O)NOCC(=O)O)c1C. The first kappa shape index (κ1) is 13.8. The number of hydroxylamine groups is 1. The van der Waals surface area contributed by atoms with Crippen LogP contribution in [0.1, 0.15) is 21.6 Å². The molecule has 1 aromatic rings. The fourth-order valence-corrected chi connectivity index (χ4v) is 1.33. The van der Waals surface area contributed by atoms with Gasteiger partial charge in [0.2, 0.25) is 0 Å². The van der Waals surface area contributed by atoms with Gasteiger partial charge in [-0.25, -0.2) is 15.0 Å². The molecule has 18 heavy (non-hydrogen) atoms.